The predicted molar refractivity (Wildman–Crippen MR) is 103 cm³/mol. The van der Waals surface area contributed by atoms with Crippen molar-refractivity contribution < 1.29 is 5.11 Å². The molecular weight excluding hydrogens is 304 g/mol. The molecule has 2 fully saturated rings. The number of aryl methyl sites for hydroxylation is 2. The van der Waals surface area contributed by atoms with Gasteiger partial charge < -0.3 is 5.11 Å². The molecule has 3 aliphatic rings. The molecule has 1 N–H and O–H groups in total. The van der Waals surface area contributed by atoms with Gasteiger partial charge in [0, 0.05) is 11.3 Å². The lowest BCUT2D eigenvalue weighted by atomic mass is 9.53. The average Bonchev–Trinajstić information content (AvgIpc) is 2.84. The first-order valence-electron chi connectivity index (χ1n) is 10.2. The van der Waals surface area contributed by atoms with E-state index in [1.54, 1.807) is 11.1 Å². The van der Waals surface area contributed by atoms with Crippen LogP contribution in [0.4, 0.5) is 0 Å². The summed E-state index contributed by atoms with van der Waals surface area (Å²) >= 11 is 0. The lowest BCUT2D eigenvalue weighted by Gasteiger charge is -2.52. The van der Waals surface area contributed by atoms with Gasteiger partial charge >= 0.3 is 0 Å². The van der Waals surface area contributed by atoms with E-state index in [0.29, 0.717) is 17.8 Å². The fraction of sp³-hybridized carbons (Fsp3) is 0.667. The maximum atomic E-state index is 11.4. The Hall–Kier alpha value is -1.26. The smallest absolute Gasteiger partial charge is 0.131 e. The second-order valence-corrected chi connectivity index (χ2v) is 9.40. The highest BCUT2D eigenvalue weighted by atomic mass is 16.3. The van der Waals surface area contributed by atoms with Crippen molar-refractivity contribution >= 4 is 0 Å². The van der Waals surface area contributed by atoms with Crippen LogP contribution in [0.5, 0.6) is 0 Å². The second-order valence-electron chi connectivity index (χ2n) is 9.40. The maximum absolute atomic E-state index is 11.4. The zero-order valence-corrected chi connectivity index (χ0v) is 16.2. The highest BCUT2D eigenvalue weighted by Crippen LogP contribution is 2.64. The first kappa shape index (κ1) is 17.2. The predicted octanol–water partition coefficient (Wildman–Crippen LogP) is 5.24. The van der Waals surface area contributed by atoms with E-state index in [0.717, 1.165) is 25.2 Å². The normalized spacial score (nSPS) is 39.2. The molecule has 0 aliphatic heterocycles. The average molecular weight is 337 g/mol. The fourth-order valence-corrected chi connectivity index (χ4v) is 6.20. The van der Waals surface area contributed by atoms with Gasteiger partial charge in [0.05, 0.1) is 0 Å². The van der Waals surface area contributed by atoms with Gasteiger partial charge in [0.1, 0.15) is 5.60 Å². The first-order valence-corrected chi connectivity index (χ1v) is 10.2. The van der Waals surface area contributed by atoms with Crippen molar-refractivity contribution in [1.82, 2.24) is 0 Å². The number of rotatable bonds is 0. The molecule has 1 aromatic rings. The van der Waals surface area contributed by atoms with E-state index in [1.807, 2.05) is 0 Å². The molecule has 0 heterocycles. The molecule has 134 valence electrons. The molecule has 0 amide bonds. The zero-order chi connectivity index (χ0) is 17.8. The third-order valence-electron chi connectivity index (χ3n) is 7.60. The molecule has 1 heteroatoms. The van der Waals surface area contributed by atoms with E-state index in [4.69, 9.17) is 0 Å². The molecule has 1 nitrogen and oxygen atoms in total. The molecule has 4 rings (SSSR count). The summed E-state index contributed by atoms with van der Waals surface area (Å²) in [5.74, 6) is 8.97. The van der Waals surface area contributed by atoms with E-state index in [2.05, 4.69) is 57.7 Å². The van der Waals surface area contributed by atoms with Crippen LogP contribution in [0.15, 0.2) is 18.2 Å². The summed E-state index contributed by atoms with van der Waals surface area (Å²) < 4.78 is 0. The van der Waals surface area contributed by atoms with Gasteiger partial charge in [-0.2, -0.15) is 0 Å². The van der Waals surface area contributed by atoms with Crippen LogP contribution in [0.2, 0.25) is 0 Å². The van der Waals surface area contributed by atoms with E-state index in [1.165, 1.54) is 24.8 Å². The molecule has 0 saturated heterocycles. The molecule has 0 aromatic heterocycles. The van der Waals surface area contributed by atoms with Crippen molar-refractivity contribution in [2.45, 2.75) is 77.7 Å². The Balaban J connectivity index is 1.67. The summed E-state index contributed by atoms with van der Waals surface area (Å²) in [6.07, 6.45) is 6.81. The molecule has 0 bridgehead atoms. The van der Waals surface area contributed by atoms with Gasteiger partial charge in [-0.25, -0.2) is 0 Å². The summed E-state index contributed by atoms with van der Waals surface area (Å²) in [5.41, 5.74) is 3.76. The van der Waals surface area contributed by atoms with Crippen LogP contribution in [0.25, 0.3) is 0 Å². The molecule has 0 radical (unpaired) electrons. The first-order chi connectivity index (χ1) is 11.8. The second kappa shape index (κ2) is 5.88. The fourth-order valence-electron chi connectivity index (χ4n) is 6.20. The van der Waals surface area contributed by atoms with Crippen molar-refractivity contribution in [2.75, 3.05) is 0 Å². The SMILES string of the molecule is Cc1ccc2c(c1)CCC1C2CCC2(C)C1CCC2(O)C#CC(C)C. The van der Waals surface area contributed by atoms with Crippen molar-refractivity contribution in [1.29, 1.82) is 0 Å². The summed E-state index contributed by atoms with van der Waals surface area (Å²) in [4.78, 5) is 0. The Morgan fingerprint density at radius 1 is 1.16 bits per heavy atom. The largest absolute Gasteiger partial charge is 0.377 e. The van der Waals surface area contributed by atoms with Crippen LogP contribution in [0.1, 0.15) is 75.5 Å². The van der Waals surface area contributed by atoms with Gasteiger partial charge in [0.2, 0.25) is 0 Å². The number of fused-ring (bicyclic) bond motifs is 5. The Labute approximate surface area is 153 Å². The molecule has 5 unspecified atom stereocenters. The van der Waals surface area contributed by atoms with Crippen molar-refractivity contribution in [3.05, 3.63) is 34.9 Å². The third-order valence-corrected chi connectivity index (χ3v) is 7.60. The Kier molecular flexibility index (Phi) is 4.04. The van der Waals surface area contributed by atoms with E-state index in [9.17, 15) is 5.11 Å². The van der Waals surface area contributed by atoms with Gasteiger partial charge in [-0.15, -0.1) is 0 Å². The Morgan fingerprint density at radius 2 is 1.96 bits per heavy atom. The van der Waals surface area contributed by atoms with E-state index in [-0.39, 0.29) is 5.41 Å². The minimum absolute atomic E-state index is 0.0295. The van der Waals surface area contributed by atoms with E-state index >= 15 is 0 Å². The standard InChI is InChI=1S/C24H32O/c1-16(2)9-13-24(25)14-11-22-21-8-6-18-15-17(3)5-7-19(18)20(21)10-12-23(22,24)4/h5,7,15-16,20-22,25H,6,8,10-12,14H2,1-4H3. The molecule has 0 spiro atoms. The monoisotopic (exact) mass is 336 g/mol. The van der Waals surface area contributed by atoms with Crippen molar-refractivity contribution in [3.63, 3.8) is 0 Å². The van der Waals surface area contributed by atoms with Crippen molar-refractivity contribution in [2.24, 2.45) is 23.2 Å². The number of hydrogen-bond acceptors (Lipinski definition) is 1. The minimum Gasteiger partial charge on any atom is -0.377 e. The number of benzene rings is 1. The number of aliphatic hydroxyl groups is 1. The van der Waals surface area contributed by atoms with Gasteiger partial charge in [-0.3, -0.25) is 0 Å². The Morgan fingerprint density at radius 3 is 2.72 bits per heavy atom. The zero-order valence-electron chi connectivity index (χ0n) is 16.2. The summed E-state index contributed by atoms with van der Waals surface area (Å²) in [6, 6.07) is 7.08. The van der Waals surface area contributed by atoms with Crippen LogP contribution in [0, 0.1) is 41.9 Å². The molecular formula is C24H32O. The van der Waals surface area contributed by atoms with E-state index < -0.39 is 5.60 Å². The lowest BCUT2D eigenvalue weighted by molar-refractivity contribution is -0.0648. The van der Waals surface area contributed by atoms with Gasteiger partial charge in [-0.1, -0.05) is 56.4 Å². The van der Waals surface area contributed by atoms with Crippen molar-refractivity contribution in [3.8, 4) is 11.8 Å². The lowest BCUT2D eigenvalue weighted by Crippen LogP contribution is -2.50. The number of hydrogen-bond donors (Lipinski definition) is 1. The molecule has 25 heavy (non-hydrogen) atoms. The maximum Gasteiger partial charge on any atom is 0.131 e. The van der Waals surface area contributed by atoms with Gasteiger partial charge in [-0.05, 0) is 74.3 Å². The Bertz CT molecular complexity index is 736. The summed E-state index contributed by atoms with van der Waals surface area (Å²) in [5, 5.41) is 11.4. The van der Waals surface area contributed by atoms with Crippen LogP contribution < -0.4 is 0 Å². The molecule has 2 saturated carbocycles. The van der Waals surface area contributed by atoms with Crippen LogP contribution in [-0.4, -0.2) is 10.7 Å². The van der Waals surface area contributed by atoms with Crippen LogP contribution in [0.3, 0.4) is 0 Å². The quantitative estimate of drug-likeness (QED) is 0.642. The van der Waals surface area contributed by atoms with Crippen LogP contribution in [-0.2, 0) is 6.42 Å². The summed E-state index contributed by atoms with van der Waals surface area (Å²) in [7, 11) is 0. The highest BCUT2D eigenvalue weighted by molar-refractivity contribution is 5.38. The third kappa shape index (κ3) is 2.57. The van der Waals surface area contributed by atoms with Crippen LogP contribution >= 0.6 is 0 Å². The van der Waals surface area contributed by atoms with Gasteiger partial charge in [0.15, 0.2) is 0 Å². The highest BCUT2D eigenvalue weighted by Gasteiger charge is 2.61. The molecule has 1 aromatic carbocycles. The molecule has 5 atom stereocenters. The molecule has 3 aliphatic carbocycles. The summed E-state index contributed by atoms with van der Waals surface area (Å²) in [6.45, 7) is 8.76. The topological polar surface area (TPSA) is 20.2 Å². The minimum atomic E-state index is -0.777. The van der Waals surface area contributed by atoms with Gasteiger partial charge in [0.25, 0.3) is 0 Å².